The Morgan fingerprint density at radius 2 is 2.58 bits per heavy atom. The summed E-state index contributed by atoms with van der Waals surface area (Å²) in [4.78, 5) is 10.3. The van der Waals surface area contributed by atoms with Gasteiger partial charge in [-0.1, -0.05) is 0 Å². The molecule has 0 radical (unpaired) electrons. The summed E-state index contributed by atoms with van der Waals surface area (Å²) in [6.45, 7) is 1.53. The first kappa shape index (κ1) is 7.21. The number of nitrogens with zero attached hydrogens (tertiary/aromatic N) is 1. The highest BCUT2D eigenvalue weighted by molar-refractivity contribution is 5.70. The lowest BCUT2D eigenvalue weighted by atomic mass is 10.2. The highest BCUT2D eigenvalue weighted by Gasteiger charge is 2.13. The molecule has 0 amide bonds. The van der Waals surface area contributed by atoms with Crippen molar-refractivity contribution >= 4 is 5.97 Å². The number of rotatable bonds is 2. The van der Waals surface area contributed by atoms with Crippen LogP contribution in [0.3, 0.4) is 0 Å². The van der Waals surface area contributed by atoms with E-state index in [0.717, 1.165) is 18.0 Å². The molecule has 1 aliphatic rings. The second-order valence-corrected chi connectivity index (χ2v) is 2.80. The van der Waals surface area contributed by atoms with Gasteiger partial charge in [-0.05, 0) is 5.56 Å². The smallest absolute Gasteiger partial charge is 0.307 e. The molecule has 12 heavy (non-hydrogen) atoms. The Bertz CT molecular complexity index is 295. The minimum Gasteiger partial charge on any atom is -0.481 e. The molecular weight excluding hydrogens is 158 g/mol. The molecule has 1 aromatic heterocycles. The molecule has 1 aliphatic heterocycles. The molecule has 1 aromatic rings. The van der Waals surface area contributed by atoms with Crippen LogP contribution in [0.2, 0.25) is 0 Å². The Kier molecular flexibility index (Phi) is 1.53. The second-order valence-electron chi connectivity index (χ2n) is 2.80. The van der Waals surface area contributed by atoms with Crippen molar-refractivity contribution in [1.82, 2.24) is 4.57 Å². The Morgan fingerprint density at radius 1 is 1.75 bits per heavy atom. The van der Waals surface area contributed by atoms with Crippen LogP contribution >= 0.6 is 0 Å². The number of carboxylic acids is 1. The van der Waals surface area contributed by atoms with Crippen LogP contribution in [-0.4, -0.2) is 22.2 Å². The number of fused-ring (bicyclic) bond motifs is 1. The zero-order valence-corrected chi connectivity index (χ0v) is 6.49. The van der Waals surface area contributed by atoms with E-state index >= 15 is 0 Å². The van der Waals surface area contributed by atoms with Crippen LogP contribution in [-0.2, 0) is 17.8 Å². The zero-order valence-electron chi connectivity index (χ0n) is 6.49. The number of aromatic nitrogens is 1. The normalized spacial score (nSPS) is 14.0. The lowest BCUT2D eigenvalue weighted by Gasteiger charge is -1.90. The van der Waals surface area contributed by atoms with Gasteiger partial charge in [-0.25, -0.2) is 0 Å². The summed E-state index contributed by atoms with van der Waals surface area (Å²) in [6.07, 6.45) is 1.90. The van der Waals surface area contributed by atoms with E-state index in [0.29, 0.717) is 6.61 Å². The zero-order chi connectivity index (χ0) is 8.55. The van der Waals surface area contributed by atoms with Crippen LogP contribution in [0.25, 0.3) is 0 Å². The third-order valence-corrected chi connectivity index (χ3v) is 1.85. The number of hydrogen-bond donors (Lipinski definition) is 1. The van der Waals surface area contributed by atoms with Crippen LogP contribution in [0.1, 0.15) is 5.56 Å². The van der Waals surface area contributed by atoms with Crippen molar-refractivity contribution in [3.05, 3.63) is 17.8 Å². The molecule has 0 fully saturated rings. The van der Waals surface area contributed by atoms with Gasteiger partial charge in [-0.2, -0.15) is 0 Å². The molecule has 0 saturated heterocycles. The SMILES string of the molecule is O=C(O)Cc1cc2n(c1)CCO2. The molecular formula is C8H9NO3. The maximum absolute atomic E-state index is 10.3. The van der Waals surface area contributed by atoms with Gasteiger partial charge < -0.3 is 14.4 Å². The third-order valence-electron chi connectivity index (χ3n) is 1.85. The van der Waals surface area contributed by atoms with Crippen LogP contribution < -0.4 is 4.74 Å². The molecule has 4 nitrogen and oxygen atoms in total. The number of hydrogen-bond acceptors (Lipinski definition) is 2. The fraction of sp³-hybridized carbons (Fsp3) is 0.375. The van der Waals surface area contributed by atoms with Gasteiger partial charge in [0.1, 0.15) is 6.61 Å². The lowest BCUT2D eigenvalue weighted by Crippen LogP contribution is -1.99. The largest absolute Gasteiger partial charge is 0.481 e. The summed E-state index contributed by atoms with van der Waals surface area (Å²) in [5.41, 5.74) is 0.803. The highest BCUT2D eigenvalue weighted by atomic mass is 16.5. The first-order chi connectivity index (χ1) is 5.75. The van der Waals surface area contributed by atoms with E-state index in [1.807, 2.05) is 10.8 Å². The van der Waals surface area contributed by atoms with Crippen molar-refractivity contribution in [3.63, 3.8) is 0 Å². The molecule has 64 valence electrons. The molecule has 4 heteroatoms. The average Bonchev–Trinajstić information content (AvgIpc) is 2.43. The van der Waals surface area contributed by atoms with Crippen molar-refractivity contribution in [1.29, 1.82) is 0 Å². The first-order valence-corrected chi connectivity index (χ1v) is 3.79. The number of ether oxygens (including phenoxy) is 1. The molecule has 0 aliphatic carbocycles. The average molecular weight is 167 g/mol. The summed E-state index contributed by atoms with van der Waals surface area (Å²) in [6, 6.07) is 1.78. The predicted octanol–water partition coefficient (Wildman–Crippen LogP) is 0.508. The maximum Gasteiger partial charge on any atom is 0.307 e. The van der Waals surface area contributed by atoms with Crippen molar-refractivity contribution in [2.75, 3.05) is 6.61 Å². The molecule has 0 bridgehead atoms. The van der Waals surface area contributed by atoms with E-state index in [-0.39, 0.29) is 6.42 Å². The second kappa shape index (κ2) is 2.55. The fourth-order valence-electron chi connectivity index (χ4n) is 1.36. The van der Waals surface area contributed by atoms with Crippen molar-refractivity contribution in [3.8, 4) is 5.88 Å². The van der Waals surface area contributed by atoms with Gasteiger partial charge in [0.2, 0.25) is 0 Å². The topological polar surface area (TPSA) is 51.5 Å². The number of carboxylic acid groups (broad SMARTS) is 1. The maximum atomic E-state index is 10.3. The number of aliphatic carboxylic acids is 1. The van der Waals surface area contributed by atoms with Crippen LogP contribution in [0.5, 0.6) is 5.88 Å². The van der Waals surface area contributed by atoms with Crippen LogP contribution in [0, 0.1) is 0 Å². The standard InChI is InChI=1S/C8H9NO3/c10-8(11)4-6-3-7-9(5-6)1-2-12-7/h3,5H,1-2,4H2,(H,10,11). The Morgan fingerprint density at radius 3 is 3.25 bits per heavy atom. The first-order valence-electron chi connectivity index (χ1n) is 3.79. The molecule has 0 atom stereocenters. The van der Waals surface area contributed by atoms with Crippen molar-refractivity contribution in [2.24, 2.45) is 0 Å². The fourth-order valence-corrected chi connectivity index (χ4v) is 1.36. The monoisotopic (exact) mass is 167 g/mol. The molecule has 0 unspecified atom stereocenters. The van der Waals surface area contributed by atoms with E-state index in [2.05, 4.69) is 0 Å². The van der Waals surface area contributed by atoms with Crippen molar-refractivity contribution in [2.45, 2.75) is 13.0 Å². The molecule has 0 aromatic carbocycles. The molecule has 2 rings (SSSR count). The Labute approximate surface area is 69.4 Å². The number of carbonyl (C=O) groups is 1. The summed E-state index contributed by atoms with van der Waals surface area (Å²) in [7, 11) is 0. The van der Waals surface area contributed by atoms with Gasteiger partial charge in [0.15, 0.2) is 5.88 Å². The summed E-state index contributed by atoms with van der Waals surface area (Å²) in [5, 5.41) is 8.51. The summed E-state index contributed by atoms with van der Waals surface area (Å²) < 4.78 is 7.16. The van der Waals surface area contributed by atoms with E-state index in [1.54, 1.807) is 6.07 Å². The van der Waals surface area contributed by atoms with E-state index in [1.165, 1.54) is 0 Å². The van der Waals surface area contributed by atoms with Gasteiger partial charge in [0, 0.05) is 12.3 Å². The van der Waals surface area contributed by atoms with E-state index in [9.17, 15) is 4.79 Å². The lowest BCUT2D eigenvalue weighted by molar-refractivity contribution is -0.136. The summed E-state index contributed by atoms with van der Waals surface area (Å²) in [5.74, 6) is -0.0227. The molecule has 0 saturated carbocycles. The van der Waals surface area contributed by atoms with E-state index < -0.39 is 5.97 Å². The molecule has 2 heterocycles. The van der Waals surface area contributed by atoms with Crippen LogP contribution in [0.15, 0.2) is 12.3 Å². The third kappa shape index (κ3) is 1.15. The van der Waals surface area contributed by atoms with Crippen LogP contribution in [0.4, 0.5) is 0 Å². The van der Waals surface area contributed by atoms with Gasteiger partial charge in [0.25, 0.3) is 0 Å². The van der Waals surface area contributed by atoms with Gasteiger partial charge in [-0.15, -0.1) is 0 Å². The minimum absolute atomic E-state index is 0.0728. The Hall–Kier alpha value is -1.45. The molecule has 1 N–H and O–H groups in total. The molecule has 0 spiro atoms. The predicted molar refractivity (Wildman–Crippen MR) is 41.3 cm³/mol. The summed E-state index contributed by atoms with van der Waals surface area (Å²) >= 11 is 0. The van der Waals surface area contributed by atoms with E-state index in [4.69, 9.17) is 9.84 Å². The van der Waals surface area contributed by atoms with Gasteiger partial charge >= 0.3 is 5.97 Å². The van der Waals surface area contributed by atoms with Gasteiger partial charge in [0.05, 0.1) is 13.0 Å². The minimum atomic E-state index is -0.806. The quantitative estimate of drug-likeness (QED) is 0.698. The highest BCUT2D eigenvalue weighted by Crippen LogP contribution is 2.21. The Balaban J connectivity index is 2.20. The van der Waals surface area contributed by atoms with Gasteiger partial charge in [-0.3, -0.25) is 4.79 Å². The van der Waals surface area contributed by atoms with Crippen molar-refractivity contribution < 1.29 is 14.6 Å².